The molecule has 0 aliphatic carbocycles. The summed E-state index contributed by atoms with van der Waals surface area (Å²) in [4.78, 5) is 11.4. The van der Waals surface area contributed by atoms with Gasteiger partial charge >= 0.3 is 5.97 Å². The fraction of sp³-hybridized carbons (Fsp3) is 0.923. The molecule has 0 aromatic rings. The van der Waals surface area contributed by atoms with Crippen molar-refractivity contribution in [3.05, 3.63) is 0 Å². The second kappa shape index (κ2) is 7.71. The van der Waals surface area contributed by atoms with Crippen molar-refractivity contribution in [2.75, 3.05) is 26.4 Å². The fourth-order valence-corrected chi connectivity index (χ4v) is 2.33. The number of nitrogens with one attached hydrogen (secondary N) is 1. The number of carbonyl (C=O) groups is 1. The van der Waals surface area contributed by atoms with E-state index < -0.39 is 11.5 Å². The molecule has 0 bridgehead atoms. The summed E-state index contributed by atoms with van der Waals surface area (Å²) >= 11 is 0. The summed E-state index contributed by atoms with van der Waals surface area (Å²) in [5.41, 5.74) is -0.801. The van der Waals surface area contributed by atoms with Gasteiger partial charge in [0, 0.05) is 13.2 Å². The Balaban J connectivity index is 2.29. The lowest BCUT2D eigenvalue weighted by molar-refractivity contribution is -0.145. The van der Waals surface area contributed by atoms with E-state index in [1.54, 1.807) is 0 Å². The van der Waals surface area contributed by atoms with Crippen LogP contribution in [0.4, 0.5) is 0 Å². The van der Waals surface area contributed by atoms with Gasteiger partial charge in [0.2, 0.25) is 0 Å². The van der Waals surface area contributed by atoms with Crippen molar-refractivity contribution in [2.45, 2.75) is 51.2 Å². The Morgan fingerprint density at radius 2 is 2.33 bits per heavy atom. The van der Waals surface area contributed by atoms with Gasteiger partial charge in [-0.2, -0.15) is 0 Å². The van der Waals surface area contributed by atoms with Crippen molar-refractivity contribution in [1.29, 1.82) is 0 Å². The maximum Gasteiger partial charge on any atom is 0.323 e. The normalized spacial score (nSPS) is 22.9. The van der Waals surface area contributed by atoms with Crippen molar-refractivity contribution in [3.8, 4) is 0 Å². The van der Waals surface area contributed by atoms with Gasteiger partial charge in [0.1, 0.15) is 5.54 Å². The molecule has 0 aromatic heterocycles. The van der Waals surface area contributed by atoms with E-state index in [-0.39, 0.29) is 6.10 Å². The summed E-state index contributed by atoms with van der Waals surface area (Å²) in [6.45, 7) is 6.55. The summed E-state index contributed by atoms with van der Waals surface area (Å²) in [7, 11) is 0. The Kier molecular flexibility index (Phi) is 6.60. The van der Waals surface area contributed by atoms with Gasteiger partial charge in [-0.05, 0) is 32.2 Å². The van der Waals surface area contributed by atoms with E-state index >= 15 is 0 Å². The molecule has 2 N–H and O–H groups in total. The van der Waals surface area contributed by atoms with Gasteiger partial charge < -0.3 is 19.9 Å². The van der Waals surface area contributed by atoms with Gasteiger partial charge in [0.15, 0.2) is 0 Å². The van der Waals surface area contributed by atoms with Gasteiger partial charge in [0.05, 0.1) is 12.7 Å². The van der Waals surface area contributed by atoms with E-state index in [0.717, 1.165) is 19.4 Å². The van der Waals surface area contributed by atoms with Crippen LogP contribution in [0.2, 0.25) is 0 Å². The van der Waals surface area contributed by atoms with Crippen molar-refractivity contribution in [1.82, 2.24) is 5.32 Å². The number of hydrogen-bond acceptors (Lipinski definition) is 4. The number of carboxylic acid groups (broad SMARTS) is 1. The summed E-state index contributed by atoms with van der Waals surface area (Å²) in [6, 6.07) is 0. The number of ether oxygens (including phenoxy) is 2. The molecule has 2 unspecified atom stereocenters. The summed E-state index contributed by atoms with van der Waals surface area (Å²) in [5.74, 6) is -0.768. The number of aliphatic carboxylic acids is 1. The molecule has 0 saturated carbocycles. The lowest BCUT2D eigenvalue weighted by Crippen LogP contribution is -2.51. The van der Waals surface area contributed by atoms with Crippen LogP contribution in [-0.2, 0) is 14.3 Å². The van der Waals surface area contributed by atoms with Crippen molar-refractivity contribution in [3.63, 3.8) is 0 Å². The van der Waals surface area contributed by atoms with Crippen molar-refractivity contribution >= 4 is 5.97 Å². The van der Waals surface area contributed by atoms with Crippen LogP contribution in [0.15, 0.2) is 0 Å². The first-order valence-electron chi connectivity index (χ1n) is 6.82. The maximum atomic E-state index is 11.4. The van der Waals surface area contributed by atoms with E-state index in [9.17, 15) is 9.90 Å². The molecule has 106 valence electrons. The monoisotopic (exact) mass is 259 g/mol. The van der Waals surface area contributed by atoms with Crippen LogP contribution in [-0.4, -0.2) is 49.1 Å². The molecule has 5 nitrogen and oxygen atoms in total. The molecular formula is C13H25NO4. The lowest BCUT2D eigenvalue weighted by Gasteiger charge is -2.29. The molecule has 1 rings (SSSR count). The highest BCUT2D eigenvalue weighted by Gasteiger charge is 2.35. The SMILES string of the molecule is CCNC(CC)(CCCOC1CCOC1)C(=O)O. The molecular weight excluding hydrogens is 234 g/mol. The molecule has 2 atom stereocenters. The first-order chi connectivity index (χ1) is 8.64. The lowest BCUT2D eigenvalue weighted by atomic mass is 9.90. The van der Waals surface area contributed by atoms with E-state index in [1.807, 2.05) is 13.8 Å². The van der Waals surface area contributed by atoms with Crippen LogP contribution in [0.25, 0.3) is 0 Å². The zero-order valence-corrected chi connectivity index (χ0v) is 11.4. The van der Waals surface area contributed by atoms with Crippen LogP contribution in [0, 0.1) is 0 Å². The standard InChI is InChI=1S/C13H25NO4/c1-3-13(12(15)16,14-4-2)7-5-8-18-11-6-9-17-10-11/h11,14H,3-10H2,1-2H3,(H,15,16). The highest BCUT2D eigenvalue weighted by molar-refractivity contribution is 5.78. The second-order valence-corrected chi connectivity index (χ2v) is 4.73. The summed E-state index contributed by atoms with van der Waals surface area (Å²) in [5, 5.41) is 12.4. The molecule has 18 heavy (non-hydrogen) atoms. The van der Waals surface area contributed by atoms with Crippen LogP contribution in [0.5, 0.6) is 0 Å². The number of carboxylic acids is 1. The minimum atomic E-state index is -0.801. The quantitative estimate of drug-likeness (QED) is 0.613. The first kappa shape index (κ1) is 15.4. The fourth-order valence-electron chi connectivity index (χ4n) is 2.33. The largest absolute Gasteiger partial charge is 0.480 e. The molecule has 0 spiro atoms. The Morgan fingerprint density at radius 1 is 1.56 bits per heavy atom. The molecule has 0 amide bonds. The third-order valence-electron chi connectivity index (χ3n) is 3.52. The van der Waals surface area contributed by atoms with E-state index in [0.29, 0.717) is 32.6 Å². The number of hydrogen-bond donors (Lipinski definition) is 2. The second-order valence-electron chi connectivity index (χ2n) is 4.73. The predicted molar refractivity (Wildman–Crippen MR) is 68.7 cm³/mol. The first-order valence-corrected chi connectivity index (χ1v) is 6.82. The highest BCUT2D eigenvalue weighted by atomic mass is 16.5. The number of likely N-dealkylation sites (N-methyl/N-ethyl adjacent to an activating group) is 1. The van der Waals surface area contributed by atoms with Gasteiger partial charge in [0.25, 0.3) is 0 Å². The van der Waals surface area contributed by atoms with Gasteiger partial charge in [-0.1, -0.05) is 13.8 Å². The Bertz CT molecular complexity index is 253. The Labute approximate surface area is 109 Å². The van der Waals surface area contributed by atoms with E-state index in [2.05, 4.69) is 5.32 Å². The predicted octanol–water partition coefficient (Wildman–Crippen LogP) is 1.41. The molecule has 1 heterocycles. The third-order valence-corrected chi connectivity index (χ3v) is 3.52. The zero-order valence-electron chi connectivity index (χ0n) is 11.4. The minimum Gasteiger partial charge on any atom is -0.480 e. The molecule has 1 fully saturated rings. The van der Waals surface area contributed by atoms with E-state index in [4.69, 9.17) is 9.47 Å². The average molecular weight is 259 g/mol. The van der Waals surface area contributed by atoms with Gasteiger partial charge in [-0.25, -0.2) is 0 Å². The minimum absolute atomic E-state index is 0.199. The molecule has 0 radical (unpaired) electrons. The van der Waals surface area contributed by atoms with E-state index in [1.165, 1.54) is 0 Å². The summed E-state index contributed by atoms with van der Waals surface area (Å²) in [6.07, 6.45) is 3.09. The zero-order chi connectivity index (χ0) is 13.4. The third kappa shape index (κ3) is 4.23. The van der Waals surface area contributed by atoms with Gasteiger partial charge in [-0.3, -0.25) is 4.79 Å². The van der Waals surface area contributed by atoms with Crippen molar-refractivity contribution < 1.29 is 19.4 Å². The molecule has 0 aromatic carbocycles. The molecule has 1 aliphatic heterocycles. The number of rotatable bonds is 9. The van der Waals surface area contributed by atoms with Crippen LogP contribution >= 0.6 is 0 Å². The molecule has 1 aliphatic rings. The van der Waals surface area contributed by atoms with Crippen molar-refractivity contribution in [2.24, 2.45) is 0 Å². The maximum absolute atomic E-state index is 11.4. The van der Waals surface area contributed by atoms with Crippen LogP contribution in [0.3, 0.4) is 0 Å². The topological polar surface area (TPSA) is 67.8 Å². The Morgan fingerprint density at radius 3 is 2.83 bits per heavy atom. The molecule has 5 heteroatoms. The van der Waals surface area contributed by atoms with Crippen LogP contribution in [0.1, 0.15) is 39.5 Å². The van der Waals surface area contributed by atoms with Gasteiger partial charge in [-0.15, -0.1) is 0 Å². The van der Waals surface area contributed by atoms with Crippen LogP contribution < -0.4 is 5.32 Å². The Hall–Kier alpha value is -0.650. The highest BCUT2D eigenvalue weighted by Crippen LogP contribution is 2.19. The smallest absolute Gasteiger partial charge is 0.323 e. The molecule has 1 saturated heterocycles. The average Bonchev–Trinajstić information content (AvgIpc) is 2.86. The summed E-state index contributed by atoms with van der Waals surface area (Å²) < 4.78 is 10.9.